The molecule has 1 aromatic carbocycles. The Balaban J connectivity index is 1.47. The summed E-state index contributed by atoms with van der Waals surface area (Å²) in [6.45, 7) is 0.451. The smallest absolute Gasteiger partial charge is 0.220 e. The monoisotopic (exact) mass is 345 g/mol. The van der Waals surface area contributed by atoms with Gasteiger partial charge in [-0.3, -0.25) is 14.5 Å². The number of amides is 1. The molecular formula is C20H19N5O. The highest BCUT2D eigenvalue weighted by Crippen LogP contribution is 2.15. The number of nitriles is 1. The number of hydrogen-bond donors (Lipinski definition) is 1. The van der Waals surface area contributed by atoms with E-state index in [0.717, 1.165) is 22.4 Å². The summed E-state index contributed by atoms with van der Waals surface area (Å²) in [6, 6.07) is 13.3. The van der Waals surface area contributed by atoms with E-state index < -0.39 is 0 Å². The molecular weight excluding hydrogens is 326 g/mol. The topological polar surface area (TPSA) is 83.6 Å². The van der Waals surface area contributed by atoms with Crippen LogP contribution in [0.3, 0.4) is 0 Å². The molecule has 0 aliphatic rings. The number of nitrogens with zero attached hydrogens (tertiary/aromatic N) is 4. The first-order valence-electron chi connectivity index (χ1n) is 8.34. The standard InChI is InChI=1S/C20H19N5O/c1-25-14-18(13-24-25)19-8-6-17(11-22-19)12-23-20(26)9-7-15-2-4-16(10-21)5-3-15/h2-6,8,11,13-14H,7,9,12H2,1H3,(H,23,26). The summed E-state index contributed by atoms with van der Waals surface area (Å²) in [5.74, 6) is -0.00862. The van der Waals surface area contributed by atoms with E-state index in [0.29, 0.717) is 24.9 Å². The van der Waals surface area contributed by atoms with Crippen LogP contribution in [0.5, 0.6) is 0 Å². The van der Waals surface area contributed by atoms with Crippen molar-refractivity contribution in [3.05, 3.63) is 71.7 Å². The Morgan fingerprint density at radius 3 is 2.54 bits per heavy atom. The third-order valence-electron chi connectivity index (χ3n) is 4.04. The van der Waals surface area contributed by atoms with Gasteiger partial charge in [-0.25, -0.2) is 0 Å². The number of rotatable bonds is 6. The highest BCUT2D eigenvalue weighted by atomic mass is 16.1. The molecule has 1 amide bonds. The average Bonchev–Trinajstić information content (AvgIpc) is 3.12. The van der Waals surface area contributed by atoms with Crippen molar-refractivity contribution in [2.24, 2.45) is 7.05 Å². The van der Waals surface area contributed by atoms with Crippen LogP contribution in [0.1, 0.15) is 23.1 Å². The van der Waals surface area contributed by atoms with Crippen LogP contribution >= 0.6 is 0 Å². The second-order valence-corrected chi connectivity index (χ2v) is 6.04. The van der Waals surface area contributed by atoms with Crippen LogP contribution in [-0.4, -0.2) is 20.7 Å². The zero-order chi connectivity index (χ0) is 18.4. The third-order valence-corrected chi connectivity index (χ3v) is 4.04. The number of carbonyl (C=O) groups excluding carboxylic acids is 1. The van der Waals surface area contributed by atoms with Crippen LogP contribution in [0.4, 0.5) is 0 Å². The van der Waals surface area contributed by atoms with Gasteiger partial charge in [0.1, 0.15) is 0 Å². The number of aryl methyl sites for hydroxylation is 2. The summed E-state index contributed by atoms with van der Waals surface area (Å²) in [5, 5.41) is 15.8. The van der Waals surface area contributed by atoms with Crippen molar-refractivity contribution in [1.82, 2.24) is 20.1 Å². The molecule has 0 atom stereocenters. The van der Waals surface area contributed by atoms with Crippen molar-refractivity contribution in [1.29, 1.82) is 5.26 Å². The molecule has 0 fully saturated rings. The molecule has 0 saturated heterocycles. The fraction of sp³-hybridized carbons (Fsp3) is 0.200. The van der Waals surface area contributed by atoms with Gasteiger partial charge in [0.15, 0.2) is 0 Å². The molecule has 2 aromatic heterocycles. The van der Waals surface area contributed by atoms with Crippen molar-refractivity contribution in [2.75, 3.05) is 0 Å². The molecule has 2 heterocycles. The van der Waals surface area contributed by atoms with Crippen LogP contribution in [0.25, 0.3) is 11.3 Å². The van der Waals surface area contributed by atoms with Crippen molar-refractivity contribution in [3.8, 4) is 17.3 Å². The molecule has 0 aliphatic heterocycles. The van der Waals surface area contributed by atoms with Gasteiger partial charge in [0, 0.05) is 38.0 Å². The molecule has 0 bridgehead atoms. The van der Waals surface area contributed by atoms with Crippen LogP contribution < -0.4 is 5.32 Å². The van der Waals surface area contributed by atoms with Crippen molar-refractivity contribution in [3.63, 3.8) is 0 Å². The van der Waals surface area contributed by atoms with E-state index in [1.54, 1.807) is 29.2 Å². The summed E-state index contributed by atoms with van der Waals surface area (Å²) in [4.78, 5) is 16.4. The Labute approximate surface area is 152 Å². The van der Waals surface area contributed by atoms with E-state index in [2.05, 4.69) is 21.5 Å². The molecule has 6 nitrogen and oxygen atoms in total. The van der Waals surface area contributed by atoms with Gasteiger partial charge < -0.3 is 5.32 Å². The summed E-state index contributed by atoms with van der Waals surface area (Å²) in [5.41, 5.74) is 4.44. The van der Waals surface area contributed by atoms with Crippen molar-refractivity contribution >= 4 is 5.91 Å². The number of aromatic nitrogens is 3. The van der Waals surface area contributed by atoms with Crippen LogP contribution in [0, 0.1) is 11.3 Å². The van der Waals surface area contributed by atoms with Gasteiger partial charge in [-0.05, 0) is 35.7 Å². The molecule has 0 saturated carbocycles. The van der Waals surface area contributed by atoms with Crippen molar-refractivity contribution < 1.29 is 4.79 Å². The Morgan fingerprint density at radius 2 is 1.92 bits per heavy atom. The molecule has 26 heavy (non-hydrogen) atoms. The maximum absolute atomic E-state index is 12.0. The first-order valence-corrected chi connectivity index (χ1v) is 8.34. The van der Waals surface area contributed by atoms with Gasteiger partial charge in [-0.15, -0.1) is 0 Å². The predicted molar refractivity (Wildman–Crippen MR) is 97.8 cm³/mol. The van der Waals surface area contributed by atoms with Crippen LogP contribution in [0.15, 0.2) is 55.0 Å². The van der Waals surface area contributed by atoms with E-state index in [4.69, 9.17) is 5.26 Å². The Morgan fingerprint density at radius 1 is 1.15 bits per heavy atom. The second-order valence-electron chi connectivity index (χ2n) is 6.04. The first kappa shape index (κ1) is 17.4. The lowest BCUT2D eigenvalue weighted by Gasteiger charge is -2.06. The summed E-state index contributed by atoms with van der Waals surface area (Å²) in [6.07, 6.45) is 6.51. The molecule has 0 unspecified atom stereocenters. The van der Waals surface area contributed by atoms with Gasteiger partial charge >= 0.3 is 0 Å². The maximum atomic E-state index is 12.0. The molecule has 0 spiro atoms. The first-order chi connectivity index (χ1) is 12.6. The Bertz CT molecular complexity index is 920. The Kier molecular flexibility index (Phi) is 5.40. The van der Waals surface area contributed by atoms with E-state index in [1.165, 1.54) is 0 Å². The van der Waals surface area contributed by atoms with Crippen molar-refractivity contribution in [2.45, 2.75) is 19.4 Å². The van der Waals surface area contributed by atoms with Crippen LogP contribution in [-0.2, 0) is 24.8 Å². The number of benzene rings is 1. The molecule has 3 rings (SSSR count). The van der Waals surface area contributed by atoms with E-state index in [1.807, 2.05) is 37.5 Å². The third kappa shape index (κ3) is 4.54. The SMILES string of the molecule is Cn1cc(-c2ccc(CNC(=O)CCc3ccc(C#N)cc3)cn2)cn1. The van der Waals surface area contributed by atoms with Gasteiger partial charge in [-0.1, -0.05) is 18.2 Å². The van der Waals surface area contributed by atoms with E-state index >= 15 is 0 Å². The zero-order valence-electron chi connectivity index (χ0n) is 14.5. The molecule has 1 N–H and O–H groups in total. The highest BCUT2D eigenvalue weighted by Gasteiger charge is 2.05. The van der Waals surface area contributed by atoms with Gasteiger partial charge in [-0.2, -0.15) is 10.4 Å². The number of nitrogens with one attached hydrogen (secondary N) is 1. The average molecular weight is 345 g/mol. The van der Waals surface area contributed by atoms with Gasteiger partial charge in [0.25, 0.3) is 0 Å². The fourth-order valence-electron chi connectivity index (χ4n) is 2.55. The quantitative estimate of drug-likeness (QED) is 0.744. The van der Waals surface area contributed by atoms with E-state index in [-0.39, 0.29) is 5.91 Å². The summed E-state index contributed by atoms with van der Waals surface area (Å²) in [7, 11) is 1.87. The molecule has 0 radical (unpaired) electrons. The minimum atomic E-state index is -0.00862. The summed E-state index contributed by atoms with van der Waals surface area (Å²) < 4.78 is 1.74. The normalized spacial score (nSPS) is 10.3. The summed E-state index contributed by atoms with van der Waals surface area (Å²) >= 11 is 0. The van der Waals surface area contributed by atoms with Gasteiger partial charge in [0.2, 0.25) is 5.91 Å². The molecule has 0 aliphatic carbocycles. The predicted octanol–water partition coefficient (Wildman–Crippen LogP) is 2.60. The highest BCUT2D eigenvalue weighted by molar-refractivity contribution is 5.76. The molecule has 3 aromatic rings. The largest absolute Gasteiger partial charge is 0.352 e. The van der Waals surface area contributed by atoms with Gasteiger partial charge in [0.05, 0.1) is 23.5 Å². The number of pyridine rings is 1. The molecule has 6 heteroatoms. The minimum absolute atomic E-state index is 0.00862. The zero-order valence-corrected chi connectivity index (χ0v) is 14.5. The van der Waals surface area contributed by atoms with E-state index in [9.17, 15) is 4.79 Å². The number of carbonyl (C=O) groups is 1. The minimum Gasteiger partial charge on any atom is -0.352 e. The maximum Gasteiger partial charge on any atom is 0.220 e. The molecule has 130 valence electrons. The lowest BCUT2D eigenvalue weighted by molar-refractivity contribution is -0.121. The number of hydrogen-bond acceptors (Lipinski definition) is 4. The Hall–Kier alpha value is -3.46. The van der Waals surface area contributed by atoms with Crippen LogP contribution in [0.2, 0.25) is 0 Å². The lowest BCUT2D eigenvalue weighted by Crippen LogP contribution is -2.23. The lowest BCUT2D eigenvalue weighted by atomic mass is 10.1. The fourth-order valence-corrected chi connectivity index (χ4v) is 2.55. The second kappa shape index (κ2) is 8.08.